The molecule has 14 heteroatoms. The van der Waals surface area contributed by atoms with Crippen molar-refractivity contribution in [2.45, 2.75) is 43.4 Å². The second-order valence-electron chi connectivity index (χ2n) is 7.88. The van der Waals surface area contributed by atoms with E-state index >= 15 is 0 Å². The number of carbonyl (C=O) groups is 5. The number of aliphatic hydroxyl groups is 1. The van der Waals surface area contributed by atoms with Crippen LogP contribution in [-0.2, 0) is 36.8 Å². The lowest BCUT2D eigenvalue weighted by Gasteiger charge is -2.24. The largest absolute Gasteiger partial charge is 0.481 e. The summed E-state index contributed by atoms with van der Waals surface area (Å²) in [6.07, 6.45) is 1.81. The number of benzene rings is 1. The Morgan fingerprint density at radius 2 is 1.50 bits per heavy atom. The van der Waals surface area contributed by atoms with Crippen molar-refractivity contribution in [2.24, 2.45) is 5.73 Å². The van der Waals surface area contributed by atoms with Crippen molar-refractivity contribution < 1.29 is 39.3 Å². The number of aliphatic carboxylic acids is 2. The third kappa shape index (κ3) is 8.81. The molecule has 36 heavy (non-hydrogen) atoms. The number of rotatable bonds is 14. The van der Waals surface area contributed by atoms with Gasteiger partial charge in [-0.1, -0.05) is 30.3 Å². The lowest BCUT2D eigenvalue weighted by Crippen LogP contribution is -2.58. The summed E-state index contributed by atoms with van der Waals surface area (Å²) < 4.78 is 0. The lowest BCUT2D eigenvalue weighted by atomic mass is 10.1. The summed E-state index contributed by atoms with van der Waals surface area (Å²) >= 11 is 0. The highest BCUT2D eigenvalue weighted by molar-refractivity contribution is 5.94. The average molecular weight is 505 g/mol. The number of nitrogens with zero attached hydrogens (tertiary/aromatic N) is 1. The number of carbonyl (C=O) groups excluding carboxylic acids is 3. The minimum Gasteiger partial charge on any atom is -0.481 e. The van der Waals surface area contributed by atoms with Crippen molar-refractivity contribution in [3.05, 3.63) is 54.1 Å². The summed E-state index contributed by atoms with van der Waals surface area (Å²) in [5, 5.41) is 34.5. The number of carboxylic acids is 2. The minimum atomic E-state index is -1.75. The van der Waals surface area contributed by atoms with Crippen LogP contribution in [0.1, 0.15) is 17.7 Å². The quantitative estimate of drug-likeness (QED) is 0.135. The smallest absolute Gasteiger partial charge is 0.326 e. The zero-order chi connectivity index (χ0) is 26.7. The fourth-order valence-electron chi connectivity index (χ4n) is 3.18. The van der Waals surface area contributed by atoms with Gasteiger partial charge in [0.2, 0.25) is 17.7 Å². The van der Waals surface area contributed by atoms with E-state index in [1.807, 2.05) is 0 Å². The average Bonchev–Trinajstić information content (AvgIpc) is 3.34. The van der Waals surface area contributed by atoms with Crippen molar-refractivity contribution in [3.63, 3.8) is 0 Å². The van der Waals surface area contributed by atoms with E-state index in [4.69, 9.17) is 10.8 Å². The highest BCUT2D eigenvalue weighted by Crippen LogP contribution is 2.04. The standard InChI is InChI=1S/C22H28N6O8/c23-14(6-12-4-2-1-3-5-12)19(32)28-17(10-29)21(34)26-15(7-13-9-24-11-25-13)20(33)27-16(22(35)36)8-18(30)31/h1-5,9,11,14-17,29H,6-8,10,23H2,(H,24,25)(H,26,34)(H,27,33)(H,28,32)(H,30,31)(H,35,36). The van der Waals surface area contributed by atoms with Crippen LogP contribution in [0.2, 0.25) is 0 Å². The van der Waals surface area contributed by atoms with Crippen LogP contribution in [0, 0.1) is 0 Å². The Labute approximate surface area is 205 Å². The monoisotopic (exact) mass is 504 g/mol. The zero-order valence-electron chi connectivity index (χ0n) is 19.1. The predicted molar refractivity (Wildman–Crippen MR) is 123 cm³/mol. The molecule has 0 saturated carbocycles. The maximum atomic E-state index is 12.8. The molecule has 0 saturated heterocycles. The van der Waals surface area contributed by atoms with Gasteiger partial charge >= 0.3 is 11.9 Å². The molecule has 0 aliphatic carbocycles. The summed E-state index contributed by atoms with van der Waals surface area (Å²) in [5.41, 5.74) is 7.10. The molecule has 194 valence electrons. The number of carboxylic acid groups (broad SMARTS) is 2. The molecule has 0 aliphatic heterocycles. The highest BCUT2D eigenvalue weighted by Gasteiger charge is 2.31. The molecule has 0 radical (unpaired) electrons. The van der Waals surface area contributed by atoms with Crippen LogP contribution in [0.25, 0.3) is 0 Å². The predicted octanol–water partition coefficient (Wildman–Crippen LogP) is -2.47. The molecule has 1 aromatic heterocycles. The van der Waals surface area contributed by atoms with Crippen LogP contribution >= 0.6 is 0 Å². The van der Waals surface area contributed by atoms with Crippen LogP contribution in [-0.4, -0.2) is 85.7 Å². The van der Waals surface area contributed by atoms with E-state index in [1.165, 1.54) is 12.5 Å². The molecule has 3 amide bonds. The summed E-state index contributed by atoms with van der Waals surface area (Å²) in [5.74, 6) is -5.68. The maximum Gasteiger partial charge on any atom is 0.326 e. The Hall–Kier alpha value is -4.30. The second kappa shape index (κ2) is 13.6. The number of H-pyrrole nitrogens is 1. The molecule has 0 fully saturated rings. The first kappa shape index (κ1) is 27.9. The SMILES string of the molecule is NC(Cc1ccccc1)C(=O)NC(CO)C(=O)NC(Cc1cnc[nH]1)C(=O)NC(CC(=O)O)C(=O)O. The van der Waals surface area contributed by atoms with Gasteiger partial charge in [-0.2, -0.15) is 0 Å². The van der Waals surface area contributed by atoms with Crippen molar-refractivity contribution in [3.8, 4) is 0 Å². The zero-order valence-corrected chi connectivity index (χ0v) is 19.1. The number of nitrogens with two attached hydrogens (primary N) is 1. The number of amides is 3. The molecule has 4 atom stereocenters. The van der Waals surface area contributed by atoms with Gasteiger partial charge in [0.15, 0.2) is 0 Å². The topological polar surface area (TPSA) is 237 Å². The van der Waals surface area contributed by atoms with Gasteiger partial charge in [-0.15, -0.1) is 0 Å². The first-order valence-corrected chi connectivity index (χ1v) is 10.8. The van der Waals surface area contributed by atoms with Crippen LogP contribution in [0.15, 0.2) is 42.9 Å². The molecule has 1 heterocycles. The van der Waals surface area contributed by atoms with Gasteiger partial charge in [-0.3, -0.25) is 19.2 Å². The number of aromatic amines is 1. The third-order valence-electron chi connectivity index (χ3n) is 5.06. The van der Waals surface area contributed by atoms with E-state index in [0.717, 1.165) is 5.56 Å². The first-order valence-electron chi connectivity index (χ1n) is 10.8. The Kier molecular flexibility index (Phi) is 10.5. The molecule has 0 aliphatic rings. The molecule has 0 bridgehead atoms. The number of nitrogens with one attached hydrogen (secondary N) is 4. The second-order valence-corrected chi connectivity index (χ2v) is 7.88. The molecule has 9 N–H and O–H groups in total. The van der Waals surface area contributed by atoms with Crippen LogP contribution in [0.4, 0.5) is 0 Å². The lowest BCUT2D eigenvalue weighted by molar-refractivity contribution is -0.147. The van der Waals surface area contributed by atoms with E-state index in [1.54, 1.807) is 30.3 Å². The Morgan fingerprint density at radius 3 is 2.06 bits per heavy atom. The minimum absolute atomic E-state index is 0.170. The fourth-order valence-corrected chi connectivity index (χ4v) is 3.18. The van der Waals surface area contributed by atoms with Gasteiger partial charge in [0, 0.05) is 18.3 Å². The normalized spacial score (nSPS) is 14.1. The maximum absolute atomic E-state index is 12.8. The van der Waals surface area contributed by atoms with Gasteiger partial charge in [0.05, 0.1) is 25.4 Å². The molecule has 2 aromatic rings. The molecule has 2 rings (SSSR count). The molecular weight excluding hydrogens is 476 g/mol. The van der Waals surface area contributed by atoms with Gasteiger partial charge in [-0.25, -0.2) is 9.78 Å². The molecule has 1 aromatic carbocycles. The van der Waals surface area contributed by atoms with Gasteiger partial charge in [0.1, 0.15) is 18.1 Å². The van der Waals surface area contributed by atoms with E-state index in [9.17, 15) is 34.2 Å². The van der Waals surface area contributed by atoms with Crippen molar-refractivity contribution in [1.82, 2.24) is 25.9 Å². The fraction of sp³-hybridized carbons (Fsp3) is 0.364. The van der Waals surface area contributed by atoms with Gasteiger partial charge in [0.25, 0.3) is 0 Å². The summed E-state index contributed by atoms with van der Waals surface area (Å²) in [6.45, 7) is -0.815. The van der Waals surface area contributed by atoms with Gasteiger partial charge in [-0.05, 0) is 12.0 Å². The number of hydrogen-bond acceptors (Lipinski definition) is 8. The Balaban J connectivity index is 2.09. The van der Waals surface area contributed by atoms with Crippen molar-refractivity contribution in [2.75, 3.05) is 6.61 Å². The Morgan fingerprint density at radius 1 is 0.889 bits per heavy atom. The Bertz CT molecular complexity index is 1050. The number of aliphatic hydroxyl groups excluding tert-OH is 1. The number of aromatic nitrogens is 2. The van der Waals surface area contributed by atoms with E-state index in [0.29, 0.717) is 5.69 Å². The van der Waals surface area contributed by atoms with Crippen molar-refractivity contribution >= 4 is 29.7 Å². The summed E-state index contributed by atoms with van der Waals surface area (Å²) in [6, 6.07) is 3.28. The molecule has 4 unspecified atom stereocenters. The molecule has 14 nitrogen and oxygen atoms in total. The van der Waals surface area contributed by atoms with Crippen LogP contribution < -0.4 is 21.7 Å². The van der Waals surface area contributed by atoms with Crippen molar-refractivity contribution in [1.29, 1.82) is 0 Å². The number of imidazole rings is 1. The van der Waals surface area contributed by atoms with E-state index in [2.05, 4.69) is 25.9 Å². The van der Waals surface area contributed by atoms with Crippen LogP contribution in [0.3, 0.4) is 0 Å². The van der Waals surface area contributed by atoms with E-state index in [-0.39, 0.29) is 12.8 Å². The first-order chi connectivity index (χ1) is 17.1. The third-order valence-corrected chi connectivity index (χ3v) is 5.06. The number of hydrogen-bond donors (Lipinski definition) is 8. The molecular formula is C22H28N6O8. The van der Waals surface area contributed by atoms with Crippen LogP contribution in [0.5, 0.6) is 0 Å². The summed E-state index contributed by atoms with van der Waals surface area (Å²) in [7, 11) is 0. The van der Waals surface area contributed by atoms with E-state index < -0.39 is 66.9 Å². The molecule has 0 spiro atoms. The van der Waals surface area contributed by atoms with Gasteiger partial charge < -0.3 is 42.0 Å². The highest BCUT2D eigenvalue weighted by atomic mass is 16.4. The summed E-state index contributed by atoms with van der Waals surface area (Å²) in [4.78, 5) is 66.8.